The Morgan fingerprint density at radius 2 is 0.671 bits per heavy atom. The summed E-state index contributed by atoms with van der Waals surface area (Å²) in [6, 6.07) is 104. The Bertz CT molecular complexity index is 3450. The molecule has 1 aliphatic rings. The molecule has 11 aromatic rings. The summed E-state index contributed by atoms with van der Waals surface area (Å²) in [5.74, 6) is 0. The lowest BCUT2D eigenvalue weighted by Gasteiger charge is -2.34. The third-order valence-electron chi connectivity index (χ3n) is 14.2. The highest BCUT2D eigenvalue weighted by molar-refractivity contribution is 5.90. The molecule has 0 N–H and O–H groups in total. The molecule has 2 nitrogen and oxygen atoms in total. The zero-order valence-corrected chi connectivity index (χ0v) is 39.0. The third kappa shape index (κ3) is 7.57. The number of anilines is 5. The molecule has 0 saturated carbocycles. The molecule has 2 heteroatoms. The molecule has 70 heavy (non-hydrogen) atoms. The fourth-order valence-electron chi connectivity index (χ4n) is 10.8. The van der Waals surface area contributed by atoms with Gasteiger partial charge in [-0.2, -0.15) is 0 Å². The summed E-state index contributed by atoms with van der Waals surface area (Å²) in [7, 11) is 2.20. The van der Waals surface area contributed by atoms with E-state index < -0.39 is 5.41 Å². The van der Waals surface area contributed by atoms with Gasteiger partial charge in [0.25, 0.3) is 0 Å². The SMILES string of the molecule is CN(c1ccc2c(c1)C(c1ccccc1)(c1ccccc1)c1ccccc1-2)c1ccccc1-c1ccc(-c2cccc(N(c3ccc(-c4ccccc4)cc3)c3ccc(-c4ccccc4)cc3)c2)cc1. The summed E-state index contributed by atoms with van der Waals surface area (Å²) in [6.07, 6.45) is 0. The molecule has 0 amide bonds. The first kappa shape index (κ1) is 42.4. The second-order valence-corrected chi connectivity index (χ2v) is 18.1. The van der Waals surface area contributed by atoms with E-state index in [1.807, 2.05) is 0 Å². The monoisotopic (exact) mass is 894 g/mol. The normalized spacial score (nSPS) is 12.2. The first-order chi connectivity index (χ1) is 34.6. The van der Waals surface area contributed by atoms with E-state index >= 15 is 0 Å². The molecule has 0 spiro atoms. The van der Waals surface area contributed by atoms with Gasteiger partial charge >= 0.3 is 0 Å². The highest BCUT2D eigenvalue weighted by Crippen LogP contribution is 2.57. The van der Waals surface area contributed by atoms with Gasteiger partial charge in [-0.3, -0.25) is 0 Å². The summed E-state index contributed by atoms with van der Waals surface area (Å²) >= 11 is 0. The highest BCUT2D eigenvalue weighted by atomic mass is 15.1. The van der Waals surface area contributed by atoms with Crippen LogP contribution in [-0.2, 0) is 5.41 Å². The van der Waals surface area contributed by atoms with Gasteiger partial charge in [0.2, 0.25) is 0 Å². The molecule has 12 rings (SSSR count). The highest BCUT2D eigenvalue weighted by Gasteiger charge is 2.46. The maximum atomic E-state index is 2.43. The summed E-state index contributed by atoms with van der Waals surface area (Å²) in [5, 5.41) is 0. The second-order valence-electron chi connectivity index (χ2n) is 18.1. The van der Waals surface area contributed by atoms with Gasteiger partial charge in [0.05, 0.1) is 5.41 Å². The van der Waals surface area contributed by atoms with Gasteiger partial charge < -0.3 is 9.80 Å². The maximum absolute atomic E-state index is 2.43. The predicted molar refractivity (Wildman–Crippen MR) is 295 cm³/mol. The Balaban J connectivity index is 0.881. The van der Waals surface area contributed by atoms with Crippen molar-refractivity contribution in [1.29, 1.82) is 0 Å². The van der Waals surface area contributed by atoms with E-state index in [0.717, 1.165) is 45.1 Å². The average Bonchev–Trinajstić information content (AvgIpc) is 3.75. The Morgan fingerprint density at radius 1 is 0.257 bits per heavy atom. The molecule has 0 aliphatic heterocycles. The van der Waals surface area contributed by atoms with Gasteiger partial charge in [0.1, 0.15) is 0 Å². The number of benzene rings is 11. The predicted octanol–water partition coefficient (Wildman–Crippen LogP) is 18.0. The molecular formula is C68H50N2. The Hall–Kier alpha value is -8.98. The molecule has 0 saturated heterocycles. The minimum atomic E-state index is -0.463. The van der Waals surface area contributed by atoms with Crippen molar-refractivity contribution in [3.63, 3.8) is 0 Å². The molecule has 0 unspecified atom stereocenters. The van der Waals surface area contributed by atoms with Gasteiger partial charge in [-0.05, 0) is 127 Å². The van der Waals surface area contributed by atoms with Gasteiger partial charge in [-0.15, -0.1) is 0 Å². The van der Waals surface area contributed by atoms with E-state index in [4.69, 9.17) is 0 Å². The van der Waals surface area contributed by atoms with Crippen LogP contribution in [-0.4, -0.2) is 7.05 Å². The van der Waals surface area contributed by atoms with Crippen molar-refractivity contribution in [3.05, 3.63) is 307 Å². The van der Waals surface area contributed by atoms with Crippen molar-refractivity contribution < 1.29 is 0 Å². The molecule has 0 aromatic heterocycles. The molecule has 0 radical (unpaired) electrons. The number of hydrogen-bond acceptors (Lipinski definition) is 2. The van der Waals surface area contributed by atoms with Crippen LogP contribution in [0.5, 0.6) is 0 Å². The second kappa shape index (κ2) is 18.3. The van der Waals surface area contributed by atoms with Crippen LogP contribution < -0.4 is 9.80 Å². The van der Waals surface area contributed by atoms with Gasteiger partial charge in [-0.1, -0.05) is 231 Å². The zero-order chi connectivity index (χ0) is 46.9. The maximum Gasteiger partial charge on any atom is 0.0714 e. The summed E-state index contributed by atoms with van der Waals surface area (Å²) in [6.45, 7) is 0. The quantitative estimate of drug-likeness (QED) is 0.128. The fraction of sp³-hybridized carbons (Fsp3) is 0.0294. The van der Waals surface area contributed by atoms with Crippen LogP contribution in [0.4, 0.5) is 28.4 Å². The van der Waals surface area contributed by atoms with Crippen molar-refractivity contribution >= 4 is 28.4 Å². The van der Waals surface area contributed by atoms with E-state index in [0.29, 0.717) is 0 Å². The topological polar surface area (TPSA) is 6.48 Å². The first-order valence-corrected chi connectivity index (χ1v) is 24.1. The number of rotatable bonds is 11. The van der Waals surface area contributed by atoms with E-state index in [2.05, 4.69) is 302 Å². The first-order valence-electron chi connectivity index (χ1n) is 24.1. The minimum absolute atomic E-state index is 0.463. The van der Waals surface area contributed by atoms with Crippen molar-refractivity contribution in [3.8, 4) is 55.6 Å². The molecule has 1 aliphatic carbocycles. The van der Waals surface area contributed by atoms with E-state index in [1.165, 1.54) is 61.2 Å². The van der Waals surface area contributed by atoms with Crippen LogP contribution >= 0.6 is 0 Å². The minimum Gasteiger partial charge on any atom is -0.344 e. The number of fused-ring (bicyclic) bond motifs is 3. The summed E-state index contributed by atoms with van der Waals surface area (Å²) in [5.41, 5.74) is 22.3. The van der Waals surface area contributed by atoms with Crippen LogP contribution in [0.15, 0.2) is 285 Å². The summed E-state index contributed by atoms with van der Waals surface area (Å²) in [4.78, 5) is 4.71. The molecule has 11 aromatic carbocycles. The van der Waals surface area contributed by atoms with Crippen LogP contribution in [0, 0.1) is 0 Å². The zero-order valence-electron chi connectivity index (χ0n) is 39.0. The third-order valence-corrected chi connectivity index (χ3v) is 14.2. The van der Waals surface area contributed by atoms with Crippen LogP contribution in [0.1, 0.15) is 22.3 Å². The smallest absolute Gasteiger partial charge is 0.0714 e. The van der Waals surface area contributed by atoms with Crippen molar-refractivity contribution in [2.75, 3.05) is 16.8 Å². The van der Waals surface area contributed by atoms with Gasteiger partial charge in [0, 0.05) is 41.0 Å². The standard InChI is InChI=1S/C68H50N2/c1-69(60-45-46-64-63-30-14-16-31-65(63)68(66(64)48-60,56-24-10-4-11-25-56)57-26-12-5-13-27-57)67-32-17-15-29-62(67)54-35-33-53(34-36-54)55-23-18-28-61(47-55)70(58-41-37-51(38-42-58)49-19-6-2-7-20-49)59-43-39-52(40-44-59)50-21-8-3-9-22-50/h2-48H,1H3. The average molecular weight is 895 g/mol. The van der Waals surface area contributed by atoms with E-state index in [-0.39, 0.29) is 0 Å². The molecule has 0 bridgehead atoms. The largest absolute Gasteiger partial charge is 0.344 e. The van der Waals surface area contributed by atoms with Crippen LogP contribution in [0.2, 0.25) is 0 Å². The number of para-hydroxylation sites is 1. The molecule has 0 fully saturated rings. The van der Waals surface area contributed by atoms with Crippen molar-refractivity contribution in [2.24, 2.45) is 0 Å². The van der Waals surface area contributed by atoms with Gasteiger partial charge in [-0.25, -0.2) is 0 Å². The Morgan fingerprint density at radius 3 is 1.26 bits per heavy atom. The lowest BCUT2D eigenvalue weighted by Crippen LogP contribution is -2.28. The molecule has 332 valence electrons. The van der Waals surface area contributed by atoms with Crippen LogP contribution in [0.25, 0.3) is 55.6 Å². The number of nitrogens with zero attached hydrogens (tertiary/aromatic N) is 2. The Labute approximate surface area is 411 Å². The lowest BCUT2D eigenvalue weighted by molar-refractivity contribution is 0.768. The van der Waals surface area contributed by atoms with Gasteiger partial charge in [0.15, 0.2) is 0 Å². The van der Waals surface area contributed by atoms with Crippen molar-refractivity contribution in [2.45, 2.75) is 5.41 Å². The molecular weight excluding hydrogens is 845 g/mol. The fourth-order valence-corrected chi connectivity index (χ4v) is 10.8. The summed E-state index contributed by atoms with van der Waals surface area (Å²) < 4.78 is 0. The van der Waals surface area contributed by atoms with Crippen LogP contribution in [0.3, 0.4) is 0 Å². The number of hydrogen-bond donors (Lipinski definition) is 0. The molecule has 0 heterocycles. The molecule has 0 atom stereocenters. The van der Waals surface area contributed by atoms with Crippen molar-refractivity contribution in [1.82, 2.24) is 0 Å². The Kier molecular flexibility index (Phi) is 11.1. The van der Waals surface area contributed by atoms with E-state index in [1.54, 1.807) is 0 Å². The lowest BCUT2D eigenvalue weighted by atomic mass is 9.67. The van der Waals surface area contributed by atoms with E-state index in [9.17, 15) is 0 Å².